The Bertz CT molecular complexity index is 910. The van der Waals surface area contributed by atoms with Crippen LogP contribution < -0.4 is 0 Å². The van der Waals surface area contributed by atoms with Crippen LogP contribution in [0.5, 0.6) is 0 Å². The summed E-state index contributed by atoms with van der Waals surface area (Å²) < 4.78 is 13.1. The maximum Gasteiger partial charge on any atom is 0.236 e. The Morgan fingerprint density at radius 1 is 1.29 bits per heavy atom. The van der Waals surface area contributed by atoms with Crippen LogP contribution in [0.2, 0.25) is 0 Å². The van der Waals surface area contributed by atoms with E-state index in [2.05, 4.69) is 15.2 Å². The molecule has 0 aromatic carbocycles. The number of thiophene rings is 1. The molecule has 8 heteroatoms. The Morgan fingerprint density at radius 3 is 3.04 bits per heavy atom. The van der Waals surface area contributed by atoms with Crippen LogP contribution in [-0.2, 0) is 12.3 Å². The van der Waals surface area contributed by atoms with Crippen molar-refractivity contribution < 1.29 is 8.83 Å². The van der Waals surface area contributed by atoms with E-state index in [1.54, 1.807) is 35.7 Å². The molecule has 4 aromatic rings. The molecular formula is C16H14N4O2S2. The van der Waals surface area contributed by atoms with E-state index < -0.39 is 0 Å². The quantitative estimate of drug-likeness (QED) is 0.480. The molecule has 4 aromatic heterocycles. The summed E-state index contributed by atoms with van der Waals surface area (Å²) in [5, 5.41) is 11.0. The van der Waals surface area contributed by atoms with Crippen molar-refractivity contribution in [2.75, 3.05) is 0 Å². The molecule has 0 saturated heterocycles. The lowest BCUT2D eigenvalue weighted by molar-refractivity contribution is 0.484. The minimum Gasteiger partial charge on any atom is -0.467 e. The molecule has 0 aliphatic rings. The van der Waals surface area contributed by atoms with E-state index >= 15 is 0 Å². The van der Waals surface area contributed by atoms with Crippen molar-refractivity contribution in [3.8, 4) is 10.8 Å². The van der Waals surface area contributed by atoms with Gasteiger partial charge in [-0.15, -0.1) is 21.5 Å². The molecule has 0 unspecified atom stereocenters. The van der Waals surface area contributed by atoms with Crippen LogP contribution in [0.3, 0.4) is 0 Å². The van der Waals surface area contributed by atoms with Gasteiger partial charge in [-0.05, 0) is 30.5 Å². The molecule has 0 fully saturated rings. The van der Waals surface area contributed by atoms with Crippen molar-refractivity contribution in [2.24, 2.45) is 0 Å². The maximum atomic E-state index is 5.77. The lowest BCUT2D eigenvalue weighted by atomic mass is 10.4. The van der Waals surface area contributed by atoms with Gasteiger partial charge in [0.05, 0.1) is 23.4 Å². The molecule has 122 valence electrons. The normalized spacial score (nSPS) is 11.2. The van der Waals surface area contributed by atoms with Gasteiger partial charge in [0.15, 0.2) is 5.16 Å². The van der Waals surface area contributed by atoms with E-state index in [0.717, 1.165) is 27.2 Å². The Labute approximate surface area is 146 Å². The van der Waals surface area contributed by atoms with E-state index in [9.17, 15) is 0 Å². The highest BCUT2D eigenvalue weighted by molar-refractivity contribution is 7.98. The Balaban J connectivity index is 1.47. The number of rotatable bonds is 6. The van der Waals surface area contributed by atoms with Crippen molar-refractivity contribution >= 4 is 23.1 Å². The van der Waals surface area contributed by atoms with Gasteiger partial charge in [-0.1, -0.05) is 17.8 Å². The summed E-state index contributed by atoms with van der Waals surface area (Å²) in [6.07, 6.45) is 3.37. The van der Waals surface area contributed by atoms with Gasteiger partial charge in [-0.25, -0.2) is 4.98 Å². The summed E-state index contributed by atoms with van der Waals surface area (Å²) in [5.74, 6) is 3.06. The number of aryl methyl sites for hydroxylation is 1. The first kappa shape index (κ1) is 15.2. The third-order valence-corrected chi connectivity index (χ3v) is 5.30. The molecule has 4 heterocycles. The SMILES string of the molecule is Cc1oc(-c2cccs2)nc1CSc1nncn1Cc1ccco1. The van der Waals surface area contributed by atoms with Crippen LogP contribution >= 0.6 is 23.1 Å². The molecule has 0 atom stereocenters. The van der Waals surface area contributed by atoms with Gasteiger partial charge in [0.1, 0.15) is 17.8 Å². The molecular weight excluding hydrogens is 344 g/mol. The third kappa shape index (κ3) is 3.15. The molecule has 24 heavy (non-hydrogen) atoms. The molecule has 6 nitrogen and oxygen atoms in total. The number of furan rings is 1. The maximum absolute atomic E-state index is 5.77. The average Bonchev–Trinajstić information content (AvgIpc) is 3.35. The molecule has 0 saturated carbocycles. The first-order valence-corrected chi connectivity index (χ1v) is 9.19. The van der Waals surface area contributed by atoms with E-state index in [0.29, 0.717) is 18.2 Å². The van der Waals surface area contributed by atoms with Crippen LogP contribution in [0.4, 0.5) is 0 Å². The highest BCUT2D eigenvalue weighted by Crippen LogP contribution is 2.29. The standard InChI is InChI=1S/C16H14N4O2S2/c1-11-13(18-15(22-11)14-5-3-7-23-14)9-24-16-19-17-10-20(16)8-12-4-2-6-21-12/h2-7,10H,8-9H2,1H3. The Kier molecular flexibility index (Phi) is 4.22. The first-order chi connectivity index (χ1) is 11.8. The predicted octanol–water partition coefficient (Wildman–Crippen LogP) is 4.24. The van der Waals surface area contributed by atoms with Gasteiger partial charge in [0, 0.05) is 5.75 Å². The van der Waals surface area contributed by atoms with Crippen LogP contribution in [0.1, 0.15) is 17.2 Å². The molecule has 0 bridgehead atoms. The topological polar surface area (TPSA) is 69.9 Å². The largest absolute Gasteiger partial charge is 0.467 e. The molecule has 0 amide bonds. The Morgan fingerprint density at radius 2 is 2.25 bits per heavy atom. The van der Waals surface area contributed by atoms with E-state index in [1.807, 2.05) is 41.1 Å². The monoisotopic (exact) mass is 358 g/mol. The fraction of sp³-hybridized carbons (Fsp3) is 0.188. The van der Waals surface area contributed by atoms with Crippen molar-refractivity contribution in [1.82, 2.24) is 19.7 Å². The van der Waals surface area contributed by atoms with Crippen LogP contribution in [-0.4, -0.2) is 19.7 Å². The molecule has 0 aliphatic carbocycles. The van der Waals surface area contributed by atoms with Gasteiger partial charge < -0.3 is 13.4 Å². The third-order valence-electron chi connectivity index (χ3n) is 3.45. The zero-order chi connectivity index (χ0) is 16.4. The summed E-state index contributed by atoms with van der Waals surface area (Å²) in [6.45, 7) is 2.55. The smallest absolute Gasteiger partial charge is 0.236 e. The summed E-state index contributed by atoms with van der Waals surface area (Å²) in [7, 11) is 0. The van der Waals surface area contributed by atoms with E-state index in [4.69, 9.17) is 8.83 Å². The van der Waals surface area contributed by atoms with E-state index in [-0.39, 0.29) is 0 Å². The minimum atomic E-state index is 0.612. The Hall–Kier alpha value is -2.32. The molecule has 4 rings (SSSR count). The van der Waals surface area contributed by atoms with Crippen LogP contribution in [0, 0.1) is 6.92 Å². The van der Waals surface area contributed by atoms with Crippen LogP contribution in [0.25, 0.3) is 10.8 Å². The molecule has 0 spiro atoms. The van der Waals surface area contributed by atoms with Gasteiger partial charge in [-0.3, -0.25) is 0 Å². The van der Waals surface area contributed by atoms with Crippen molar-refractivity contribution in [3.63, 3.8) is 0 Å². The molecule has 0 N–H and O–H groups in total. The second kappa shape index (κ2) is 6.66. The fourth-order valence-electron chi connectivity index (χ4n) is 2.24. The highest BCUT2D eigenvalue weighted by Gasteiger charge is 2.14. The van der Waals surface area contributed by atoms with Gasteiger partial charge >= 0.3 is 0 Å². The lowest BCUT2D eigenvalue weighted by Gasteiger charge is -2.03. The van der Waals surface area contributed by atoms with Crippen molar-refractivity contribution in [2.45, 2.75) is 24.4 Å². The predicted molar refractivity (Wildman–Crippen MR) is 91.9 cm³/mol. The second-order valence-corrected chi connectivity index (χ2v) is 7.00. The summed E-state index contributed by atoms with van der Waals surface area (Å²) >= 11 is 3.20. The minimum absolute atomic E-state index is 0.612. The van der Waals surface area contributed by atoms with Gasteiger partial charge in [0.2, 0.25) is 5.89 Å². The average molecular weight is 358 g/mol. The zero-order valence-corrected chi connectivity index (χ0v) is 14.5. The molecule has 0 radical (unpaired) electrons. The number of hydrogen-bond acceptors (Lipinski definition) is 7. The number of thioether (sulfide) groups is 1. The number of hydrogen-bond donors (Lipinski definition) is 0. The van der Waals surface area contributed by atoms with Crippen molar-refractivity contribution in [1.29, 1.82) is 0 Å². The fourth-order valence-corrected chi connectivity index (χ4v) is 3.80. The first-order valence-electron chi connectivity index (χ1n) is 7.33. The second-order valence-electron chi connectivity index (χ2n) is 5.11. The van der Waals surface area contributed by atoms with Crippen LogP contribution in [0.15, 0.2) is 56.2 Å². The highest BCUT2D eigenvalue weighted by atomic mass is 32.2. The summed E-state index contributed by atoms with van der Waals surface area (Å²) in [5.41, 5.74) is 0.927. The summed E-state index contributed by atoms with van der Waals surface area (Å²) in [4.78, 5) is 5.64. The number of aromatic nitrogens is 4. The lowest BCUT2D eigenvalue weighted by Crippen LogP contribution is -1.99. The summed E-state index contributed by atoms with van der Waals surface area (Å²) in [6, 6.07) is 7.80. The van der Waals surface area contributed by atoms with Gasteiger partial charge in [0.25, 0.3) is 0 Å². The van der Waals surface area contributed by atoms with Crippen molar-refractivity contribution in [3.05, 3.63) is 59.5 Å². The number of nitrogens with zero attached hydrogens (tertiary/aromatic N) is 4. The van der Waals surface area contributed by atoms with E-state index in [1.165, 1.54) is 0 Å². The van der Waals surface area contributed by atoms with Gasteiger partial charge in [-0.2, -0.15) is 0 Å². The zero-order valence-electron chi connectivity index (χ0n) is 12.9. The molecule has 0 aliphatic heterocycles. The number of oxazole rings is 1.